The van der Waals surface area contributed by atoms with Gasteiger partial charge in [-0.15, -0.1) is 11.3 Å². The molecule has 3 heterocycles. The molecule has 0 spiro atoms. The third kappa shape index (κ3) is 2.97. The third-order valence-corrected chi connectivity index (χ3v) is 5.41. The van der Waals surface area contributed by atoms with Crippen molar-refractivity contribution in [3.8, 4) is 22.4 Å². The zero-order valence-electron chi connectivity index (χ0n) is 14.7. The molecule has 0 aliphatic carbocycles. The van der Waals surface area contributed by atoms with E-state index in [1.807, 2.05) is 6.20 Å². The Morgan fingerprint density at radius 2 is 1.88 bits per heavy atom. The quantitative estimate of drug-likeness (QED) is 0.519. The van der Waals surface area contributed by atoms with Crippen LogP contribution in [0.3, 0.4) is 0 Å². The van der Waals surface area contributed by atoms with Crippen LogP contribution in [-0.4, -0.2) is 28.0 Å². The minimum absolute atomic E-state index is 0.239. The van der Waals surface area contributed by atoms with Gasteiger partial charge in [0.05, 0.1) is 5.69 Å². The van der Waals surface area contributed by atoms with Gasteiger partial charge < -0.3 is 9.88 Å². The fourth-order valence-corrected chi connectivity index (χ4v) is 4.00. The largest absolute Gasteiger partial charge is 0.349 e. The van der Waals surface area contributed by atoms with E-state index in [-0.39, 0.29) is 5.82 Å². The maximum Gasteiger partial charge on any atom is 0.185 e. The lowest BCUT2D eigenvalue weighted by atomic mass is 10.1. The number of thiazole rings is 1. The molecule has 0 atom stereocenters. The van der Waals surface area contributed by atoms with E-state index in [1.165, 1.54) is 12.1 Å². The number of aromatic amines is 1. The first-order chi connectivity index (χ1) is 12.7. The van der Waals surface area contributed by atoms with Gasteiger partial charge in [0.25, 0.3) is 0 Å². The maximum absolute atomic E-state index is 13.2. The van der Waals surface area contributed by atoms with Gasteiger partial charge in [-0.3, -0.25) is 0 Å². The van der Waals surface area contributed by atoms with Gasteiger partial charge in [-0.1, -0.05) is 12.1 Å². The monoisotopic (exact) mass is 366 g/mol. The predicted octanol–water partition coefficient (Wildman–Crippen LogP) is 5.34. The first-order valence-electron chi connectivity index (χ1n) is 8.63. The van der Waals surface area contributed by atoms with Crippen LogP contribution < -0.4 is 4.90 Å². The first-order valence-corrected chi connectivity index (χ1v) is 9.51. The second-order valence-corrected chi connectivity index (χ2v) is 6.85. The predicted molar refractivity (Wildman–Crippen MR) is 106 cm³/mol. The van der Waals surface area contributed by atoms with Crippen molar-refractivity contribution in [1.82, 2.24) is 15.0 Å². The van der Waals surface area contributed by atoms with Crippen LogP contribution in [0.5, 0.6) is 0 Å². The van der Waals surface area contributed by atoms with Crippen LogP contribution >= 0.6 is 11.3 Å². The fraction of sp³-hybridized carbons (Fsp3) is 0.200. The summed E-state index contributed by atoms with van der Waals surface area (Å²) in [6.45, 7) is 6.14. The van der Waals surface area contributed by atoms with E-state index >= 15 is 0 Å². The molecular weight excluding hydrogens is 347 g/mol. The minimum Gasteiger partial charge on any atom is -0.349 e. The highest BCUT2D eigenvalue weighted by Gasteiger charge is 2.14. The molecule has 0 saturated heterocycles. The lowest BCUT2D eigenvalue weighted by Crippen LogP contribution is -2.21. The number of hydrogen-bond acceptors (Lipinski definition) is 4. The Bertz CT molecular complexity index is 1030. The van der Waals surface area contributed by atoms with Gasteiger partial charge >= 0.3 is 0 Å². The van der Waals surface area contributed by atoms with E-state index in [2.05, 4.69) is 40.2 Å². The number of benzene rings is 1. The van der Waals surface area contributed by atoms with E-state index in [0.717, 1.165) is 51.6 Å². The second-order valence-electron chi connectivity index (χ2n) is 6.02. The zero-order valence-corrected chi connectivity index (χ0v) is 15.5. The number of pyridine rings is 1. The molecule has 6 heteroatoms. The van der Waals surface area contributed by atoms with E-state index in [1.54, 1.807) is 29.7 Å². The molecule has 0 radical (unpaired) electrons. The SMILES string of the molecule is CCN(CC)c1nc(-c2c[nH]c3ncc(-c4ccc(F)cc4)cc23)cs1. The average molecular weight is 366 g/mol. The number of fused-ring (bicyclic) bond motifs is 1. The molecule has 0 unspecified atom stereocenters. The second kappa shape index (κ2) is 6.88. The number of nitrogens with one attached hydrogen (secondary N) is 1. The van der Waals surface area contributed by atoms with E-state index in [0.29, 0.717) is 0 Å². The number of hydrogen-bond donors (Lipinski definition) is 1. The van der Waals surface area contributed by atoms with E-state index in [4.69, 9.17) is 4.98 Å². The lowest BCUT2D eigenvalue weighted by Gasteiger charge is -2.16. The van der Waals surface area contributed by atoms with Crippen molar-refractivity contribution >= 4 is 27.5 Å². The summed E-state index contributed by atoms with van der Waals surface area (Å²) in [5, 5.41) is 4.13. The molecule has 0 bridgehead atoms. The van der Waals surface area contributed by atoms with Crippen LogP contribution in [0.25, 0.3) is 33.4 Å². The van der Waals surface area contributed by atoms with Gasteiger partial charge in [0.2, 0.25) is 0 Å². The number of aromatic nitrogens is 3. The summed E-state index contributed by atoms with van der Waals surface area (Å²) in [7, 11) is 0. The van der Waals surface area contributed by atoms with Crippen LogP contribution in [0, 0.1) is 5.82 Å². The summed E-state index contributed by atoms with van der Waals surface area (Å²) in [6, 6.07) is 8.55. The van der Waals surface area contributed by atoms with Crippen LogP contribution in [0.4, 0.5) is 9.52 Å². The van der Waals surface area contributed by atoms with Crippen LogP contribution in [0.15, 0.2) is 48.1 Å². The summed E-state index contributed by atoms with van der Waals surface area (Å²) in [5.74, 6) is -0.239. The number of rotatable bonds is 5. The normalized spacial score (nSPS) is 11.2. The van der Waals surface area contributed by atoms with Crippen molar-refractivity contribution in [3.63, 3.8) is 0 Å². The molecule has 0 fully saturated rings. The smallest absolute Gasteiger partial charge is 0.185 e. The molecule has 132 valence electrons. The van der Waals surface area contributed by atoms with Gasteiger partial charge in [0.1, 0.15) is 11.5 Å². The molecule has 1 N–H and O–H groups in total. The maximum atomic E-state index is 13.2. The van der Waals surface area contributed by atoms with E-state index in [9.17, 15) is 4.39 Å². The Morgan fingerprint density at radius 1 is 1.12 bits per heavy atom. The van der Waals surface area contributed by atoms with Crippen molar-refractivity contribution in [2.75, 3.05) is 18.0 Å². The van der Waals surface area contributed by atoms with Crippen molar-refractivity contribution < 1.29 is 4.39 Å². The number of nitrogens with zero attached hydrogens (tertiary/aromatic N) is 3. The molecule has 4 nitrogen and oxygen atoms in total. The summed E-state index contributed by atoms with van der Waals surface area (Å²) in [6.07, 6.45) is 3.76. The third-order valence-electron chi connectivity index (χ3n) is 4.51. The Kier molecular flexibility index (Phi) is 4.42. The van der Waals surface area contributed by atoms with Gasteiger partial charge in [-0.05, 0) is 37.6 Å². The van der Waals surface area contributed by atoms with Crippen molar-refractivity contribution in [2.24, 2.45) is 0 Å². The molecule has 0 amide bonds. The first kappa shape index (κ1) is 16.7. The zero-order chi connectivity index (χ0) is 18.1. The molecule has 4 rings (SSSR count). The van der Waals surface area contributed by atoms with E-state index < -0.39 is 0 Å². The summed E-state index contributed by atoms with van der Waals surface area (Å²) < 4.78 is 13.2. The van der Waals surface area contributed by atoms with Crippen molar-refractivity contribution in [1.29, 1.82) is 0 Å². The number of halogens is 1. The fourth-order valence-electron chi connectivity index (χ4n) is 3.04. The molecular formula is C20H19FN4S. The molecule has 0 aliphatic heterocycles. The molecule has 26 heavy (non-hydrogen) atoms. The Balaban J connectivity index is 1.76. The van der Waals surface area contributed by atoms with Gasteiger partial charge in [-0.25, -0.2) is 14.4 Å². The summed E-state index contributed by atoms with van der Waals surface area (Å²) in [4.78, 5) is 14.8. The minimum atomic E-state index is -0.239. The molecule has 1 aromatic carbocycles. The van der Waals surface area contributed by atoms with Crippen molar-refractivity contribution in [2.45, 2.75) is 13.8 Å². The Hall–Kier alpha value is -2.73. The van der Waals surface area contributed by atoms with Crippen LogP contribution in [0.2, 0.25) is 0 Å². The van der Waals surface area contributed by atoms with Crippen LogP contribution in [-0.2, 0) is 0 Å². The van der Waals surface area contributed by atoms with Crippen LogP contribution in [0.1, 0.15) is 13.8 Å². The average Bonchev–Trinajstić information content (AvgIpc) is 3.30. The topological polar surface area (TPSA) is 44.8 Å². The lowest BCUT2D eigenvalue weighted by molar-refractivity contribution is 0.628. The number of anilines is 1. The Morgan fingerprint density at radius 3 is 2.62 bits per heavy atom. The molecule has 3 aromatic heterocycles. The molecule has 4 aromatic rings. The number of H-pyrrole nitrogens is 1. The summed E-state index contributed by atoms with van der Waals surface area (Å²) >= 11 is 1.65. The molecule has 0 aliphatic rings. The van der Waals surface area contributed by atoms with Gasteiger partial charge in [0.15, 0.2) is 5.13 Å². The standard InChI is InChI=1S/C20H19FN4S/c1-3-25(4-2)20-24-18(12-26-20)17-11-23-19-16(17)9-14(10-22-19)13-5-7-15(21)8-6-13/h5-12H,3-4H2,1-2H3,(H,22,23). The molecule has 0 saturated carbocycles. The highest BCUT2D eigenvalue weighted by Crippen LogP contribution is 2.33. The highest BCUT2D eigenvalue weighted by molar-refractivity contribution is 7.14. The highest BCUT2D eigenvalue weighted by atomic mass is 32.1. The summed E-state index contributed by atoms with van der Waals surface area (Å²) in [5.41, 5.74) is 4.70. The van der Waals surface area contributed by atoms with Gasteiger partial charge in [0, 0.05) is 47.4 Å². The Labute approximate surface area is 155 Å². The van der Waals surface area contributed by atoms with Crippen molar-refractivity contribution in [3.05, 3.63) is 53.9 Å². The van der Waals surface area contributed by atoms with Gasteiger partial charge in [-0.2, -0.15) is 0 Å².